The van der Waals surface area contributed by atoms with Gasteiger partial charge in [-0.15, -0.1) is 0 Å². The zero-order valence-corrected chi connectivity index (χ0v) is 7.83. The van der Waals surface area contributed by atoms with E-state index in [1.165, 1.54) is 0 Å². The minimum atomic E-state index is -0.873. The Morgan fingerprint density at radius 1 is 1.42 bits per heavy atom. The van der Waals surface area contributed by atoms with E-state index in [0.717, 1.165) is 32.5 Å². The summed E-state index contributed by atoms with van der Waals surface area (Å²) >= 11 is 0. The molecule has 0 unspecified atom stereocenters. The monoisotopic (exact) mass is 174 g/mol. The maximum Gasteiger partial charge on any atom is 0.113 e. The average molecular weight is 174 g/mol. The first kappa shape index (κ1) is 9.93. The molecule has 2 nitrogen and oxygen atoms in total. The Labute approximate surface area is 73.9 Å². The summed E-state index contributed by atoms with van der Waals surface area (Å²) in [5.41, 5.74) is -0.873. The minimum Gasteiger partial charge on any atom is -0.320 e. The van der Waals surface area contributed by atoms with E-state index in [0.29, 0.717) is 12.8 Å². The second-order valence-corrected chi connectivity index (χ2v) is 3.61. The van der Waals surface area contributed by atoms with E-state index in [9.17, 15) is 4.39 Å². The maximum absolute atomic E-state index is 13.8. The Morgan fingerprint density at radius 3 is 2.67 bits per heavy atom. The van der Waals surface area contributed by atoms with Crippen molar-refractivity contribution < 1.29 is 4.39 Å². The van der Waals surface area contributed by atoms with Gasteiger partial charge < -0.3 is 10.6 Å². The van der Waals surface area contributed by atoms with Crippen LogP contribution in [0.15, 0.2) is 0 Å². The molecule has 1 aliphatic rings. The lowest BCUT2D eigenvalue weighted by atomic mass is 9.90. The van der Waals surface area contributed by atoms with Crippen molar-refractivity contribution in [1.29, 1.82) is 0 Å². The molecule has 2 N–H and O–H groups in total. The molecule has 0 aromatic carbocycles. The second kappa shape index (κ2) is 4.77. The van der Waals surface area contributed by atoms with Gasteiger partial charge in [-0.05, 0) is 52.4 Å². The Balaban J connectivity index is 2.17. The normalized spacial score (nSPS) is 22.5. The number of alkyl halides is 1. The first-order chi connectivity index (χ1) is 5.77. The molecule has 0 amide bonds. The van der Waals surface area contributed by atoms with E-state index < -0.39 is 5.67 Å². The number of hydrogen-bond donors (Lipinski definition) is 2. The van der Waals surface area contributed by atoms with Crippen molar-refractivity contribution in [3.05, 3.63) is 0 Å². The number of hydrogen-bond acceptors (Lipinski definition) is 2. The highest BCUT2D eigenvalue weighted by Gasteiger charge is 2.30. The maximum atomic E-state index is 13.8. The van der Waals surface area contributed by atoms with Gasteiger partial charge in [-0.1, -0.05) is 0 Å². The summed E-state index contributed by atoms with van der Waals surface area (Å²) in [4.78, 5) is 0. The van der Waals surface area contributed by atoms with Gasteiger partial charge in [-0.2, -0.15) is 0 Å². The Morgan fingerprint density at radius 2 is 2.08 bits per heavy atom. The van der Waals surface area contributed by atoms with Crippen molar-refractivity contribution in [1.82, 2.24) is 10.6 Å². The lowest BCUT2D eigenvalue weighted by Crippen LogP contribution is -2.38. The molecule has 1 heterocycles. The summed E-state index contributed by atoms with van der Waals surface area (Å²) in [5.74, 6) is 0. The topological polar surface area (TPSA) is 24.1 Å². The van der Waals surface area contributed by atoms with Crippen LogP contribution >= 0.6 is 0 Å². The number of piperidine rings is 1. The third-order valence-corrected chi connectivity index (χ3v) is 2.55. The van der Waals surface area contributed by atoms with Crippen LogP contribution in [0.4, 0.5) is 4.39 Å². The molecular formula is C9H19FN2. The van der Waals surface area contributed by atoms with E-state index in [1.807, 2.05) is 7.05 Å². The highest BCUT2D eigenvalue weighted by Crippen LogP contribution is 2.27. The molecular weight excluding hydrogens is 155 g/mol. The number of halogens is 1. The van der Waals surface area contributed by atoms with Crippen molar-refractivity contribution in [2.75, 3.05) is 26.7 Å². The van der Waals surface area contributed by atoms with E-state index in [1.54, 1.807) is 0 Å². The van der Waals surface area contributed by atoms with Gasteiger partial charge >= 0.3 is 0 Å². The zero-order chi connectivity index (χ0) is 8.86. The minimum absolute atomic E-state index is 0.691. The molecule has 0 aromatic heterocycles. The van der Waals surface area contributed by atoms with Crippen LogP contribution in [0.5, 0.6) is 0 Å². The second-order valence-electron chi connectivity index (χ2n) is 3.61. The van der Waals surface area contributed by atoms with Crippen molar-refractivity contribution >= 4 is 0 Å². The van der Waals surface area contributed by atoms with Crippen LogP contribution in [0, 0.1) is 0 Å². The fourth-order valence-corrected chi connectivity index (χ4v) is 1.71. The summed E-state index contributed by atoms with van der Waals surface area (Å²) < 4.78 is 13.8. The average Bonchev–Trinajstić information content (AvgIpc) is 2.06. The molecule has 0 aliphatic carbocycles. The van der Waals surface area contributed by atoms with Crippen LogP contribution in [-0.4, -0.2) is 32.4 Å². The van der Waals surface area contributed by atoms with Crippen LogP contribution in [-0.2, 0) is 0 Å². The third kappa shape index (κ3) is 3.07. The number of rotatable bonds is 4. The van der Waals surface area contributed by atoms with Crippen molar-refractivity contribution in [2.24, 2.45) is 0 Å². The van der Waals surface area contributed by atoms with Gasteiger partial charge in [0.2, 0.25) is 0 Å². The molecule has 0 radical (unpaired) electrons. The van der Waals surface area contributed by atoms with Crippen molar-refractivity contribution in [3.8, 4) is 0 Å². The highest BCUT2D eigenvalue weighted by molar-refractivity contribution is 4.84. The number of nitrogens with one attached hydrogen (secondary N) is 2. The summed E-state index contributed by atoms with van der Waals surface area (Å²) in [6.45, 7) is 2.62. The SMILES string of the molecule is CNCCCC1(F)CCNCC1. The molecule has 72 valence electrons. The van der Waals surface area contributed by atoms with Crippen LogP contribution in [0.1, 0.15) is 25.7 Å². The molecule has 1 rings (SSSR count). The first-order valence-corrected chi connectivity index (χ1v) is 4.81. The van der Waals surface area contributed by atoms with Crippen LogP contribution in [0.2, 0.25) is 0 Å². The van der Waals surface area contributed by atoms with Gasteiger partial charge in [0.15, 0.2) is 0 Å². The van der Waals surface area contributed by atoms with E-state index >= 15 is 0 Å². The molecule has 0 bridgehead atoms. The molecule has 0 aromatic rings. The molecule has 1 saturated heterocycles. The van der Waals surface area contributed by atoms with E-state index in [-0.39, 0.29) is 0 Å². The summed E-state index contributed by atoms with van der Waals surface area (Å²) in [5, 5.41) is 6.22. The zero-order valence-electron chi connectivity index (χ0n) is 7.83. The predicted octanol–water partition coefficient (Wildman–Crippen LogP) is 1.08. The van der Waals surface area contributed by atoms with Gasteiger partial charge in [0.1, 0.15) is 5.67 Å². The first-order valence-electron chi connectivity index (χ1n) is 4.81. The van der Waals surface area contributed by atoms with Gasteiger partial charge in [0.25, 0.3) is 0 Å². The predicted molar refractivity (Wildman–Crippen MR) is 49.1 cm³/mol. The van der Waals surface area contributed by atoms with Crippen LogP contribution in [0.25, 0.3) is 0 Å². The Bertz CT molecular complexity index is 122. The summed E-state index contributed by atoms with van der Waals surface area (Å²) in [7, 11) is 1.91. The standard InChI is InChI=1S/C9H19FN2/c1-11-6-2-3-9(10)4-7-12-8-5-9/h11-12H,2-8H2,1H3. The molecule has 0 atom stereocenters. The molecule has 1 aliphatic heterocycles. The fourth-order valence-electron chi connectivity index (χ4n) is 1.71. The summed E-state index contributed by atoms with van der Waals surface area (Å²) in [6, 6.07) is 0. The van der Waals surface area contributed by atoms with Crippen molar-refractivity contribution in [2.45, 2.75) is 31.4 Å². The summed E-state index contributed by atoms with van der Waals surface area (Å²) in [6.07, 6.45) is 3.05. The smallest absolute Gasteiger partial charge is 0.113 e. The van der Waals surface area contributed by atoms with Crippen LogP contribution in [0.3, 0.4) is 0 Å². The molecule has 12 heavy (non-hydrogen) atoms. The molecule has 0 spiro atoms. The Kier molecular flexibility index (Phi) is 3.95. The van der Waals surface area contributed by atoms with E-state index in [2.05, 4.69) is 10.6 Å². The van der Waals surface area contributed by atoms with Crippen LogP contribution < -0.4 is 10.6 Å². The lowest BCUT2D eigenvalue weighted by molar-refractivity contribution is 0.102. The molecule has 0 saturated carbocycles. The van der Waals surface area contributed by atoms with Gasteiger partial charge in [-0.25, -0.2) is 4.39 Å². The van der Waals surface area contributed by atoms with Gasteiger partial charge in [-0.3, -0.25) is 0 Å². The lowest BCUT2D eigenvalue weighted by Gasteiger charge is -2.29. The third-order valence-electron chi connectivity index (χ3n) is 2.55. The quantitative estimate of drug-likeness (QED) is 0.623. The largest absolute Gasteiger partial charge is 0.320 e. The fraction of sp³-hybridized carbons (Fsp3) is 1.00. The van der Waals surface area contributed by atoms with E-state index in [4.69, 9.17) is 0 Å². The highest BCUT2D eigenvalue weighted by atomic mass is 19.1. The molecule has 3 heteroatoms. The molecule has 1 fully saturated rings. The van der Waals surface area contributed by atoms with Gasteiger partial charge in [0, 0.05) is 0 Å². The van der Waals surface area contributed by atoms with Gasteiger partial charge in [0.05, 0.1) is 0 Å². The van der Waals surface area contributed by atoms with Crippen molar-refractivity contribution in [3.63, 3.8) is 0 Å². The Hall–Kier alpha value is -0.150.